The van der Waals surface area contributed by atoms with Crippen molar-refractivity contribution >= 4 is 11.8 Å². The minimum atomic E-state index is 0.735. The Bertz CT molecular complexity index is 258. The smallest absolute Gasteiger partial charge is 0.0625 e. The topological polar surface area (TPSA) is 29.9 Å². The van der Waals surface area contributed by atoms with Gasteiger partial charge in [0.15, 0.2) is 0 Å². The fraction of sp³-hybridized carbons (Fsp3) is 0.700. The van der Waals surface area contributed by atoms with E-state index in [1.807, 2.05) is 35.9 Å². The summed E-state index contributed by atoms with van der Waals surface area (Å²) in [6.07, 6.45) is 3.96. The van der Waals surface area contributed by atoms with Gasteiger partial charge in [-0.05, 0) is 12.5 Å². The van der Waals surface area contributed by atoms with Crippen LogP contribution < -0.4 is 5.32 Å². The molecule has 1 aromatic rings. The molecule has 0 saturated carbocycles. The third-order valence-corrected chi connectivity index (χ3v) is 2.73. The fourth-order valence-electron chi connectivity index (χ4n) is 1.11. The van der Waals surface area contributed by atoms with Crippen molar-refractivity contribution in [2.24, 2.45) is 13.0 Å². The van der Waals surface area contributed by atoms with Gasteiger partial charge in [-0.1, -0.05) is 13.8 Å². The van der Waals surface area contributed by atoms with Crippen LogP contribution >= 0.6 is 11.8 Å². The van der Waals surface area contributed by atoms with E-state index in [9.17, 15) is 0 Å². The lowest BCUT2D eigenvalue weighted by molar-refractivity contribution is 0.568. The predicted octanol–water partition coefficient (Wildman–Crippen LogP) is 1.76. The highest BCUT2D eigenvalue weighted by atomic mass is 32.2. The first-order valence-corrected chi connectivity index (χ1v) is 5.99. The van der Waals surface area contributed by atoms with Crippen LogP contribution in [0.1, 0.15) is 13.8 Å². The Balaban J connectivity index is 2.04. The molecule has 0 bridgehead atoms. The van der Waals surface area contributed by atoms with Crippen LogP contribution in [0.4, 0.5) is 0 Å². The fourth-order valence-corrected chi connectivity index (χ4v) is 1.94. The van der Waals surface area contributed by atoms with E-state index in [0.29, 0.717) is 0 Å². The molecular formula is C10H19N3S. The third-order valence-electron chi connectivity index (χ3n) is 1.78. The Morgan fingerprint density at radius 1 is 1.57 bits per heavy atom. The molecule has 3 nitrogen and oxygen atoms in total. The van der Waals surface area contributed by atoms with E-state index in [1.54, 1.807) is 0 Å². The van der Waals surface area contributed by atoms with E-state index in [0.717, 1.165) is 24.8 Å². The summed E-state index contributed by atoms with van der Waals surface area (Å²) in [5, 5.41) is 7.53. The van der Waals surface area contributed by atoms with Gasteiger partial charge < -0.3 is 5.32 Å². The summed E-state index contributed by atoms with van der Waals surface area (Å²) < 4.78 is 1.84. The van der Waals surface area contributed by atoms with E-state index in [-0.39, 0.29) is 0 Å². The lowest BCUT2D eigenvalue weighted by atomic mass is 10.2. The maximum Gasteiger partial charge on any atom is 0.0625 e. The molecule has 80 valence electrons. The zero-order valence-electron chi connectivity index (χ0n) is 9.16. The van der Waals surface area contributed by atoms with Gasteiger partial charge in [0.05, 0.1) is 6.20 Å². The van der Waals surface area contributed by atoms with Crippen molar-refractivity contribution in [1.29, 1.82) is 0 Å². The summed E-state index contributed by atoms with van der Waals surface area (Å²) in [6.45, 7) is 6.62. The number of hydrogen-bond acceptors (Lipinski definition) is 3. The lowest BCUT2D eigenvalue weighted by Gasteiger charge is -2.05. The van der Waals surface area contributed by atoms with Crippen LogP contribution in [0.3, 0.4) is 0 Å². The molecule has 0 aliphatic rings. The average molecular weight is 213 g/mol. The minimum Gasteiger partial charge on any atom is -0.316 e. The lowest BCUT2D eigenvalue weighted by Crippen LogP contribution is -2.21. The van der Waals surface area contributed by atoms with E-state index in [2.05, 4.69) is 24.3 Å². The second-order valence-corrected chi connectivity index (χ2v) is 4.96. The molecule has 0 radical (unpaired) electrons. The molecular weight excluding hydrogens is 194 g/mol. The van der Waals surface area contributed by atoms with Crippen molar-refractivity contribution in [2.75, 3.05) is 18.8 Å². The van der Waals surface area contributed by atoms with Gasteiger partial charge in [0.25, 0.3) is 0 Å². The first-order valence-electron chi connectivity index (χ1n) is 5.00. The maximum absolute atomic E-state index is 4.12. The summed E-state index contributed by atoms with van der Waals surface area (Å²) in [5.74, 6) is 1.84. The quantitative estimate of drug-likeness (QED) is 0.577. The minimum absolute atomic E-state index is 0.735. The number of aryl methyl sites for hydroxylation is 1. The van der Waals surface area contributed by atoms with Crippen LogP contribution in [0.2, 0.25) is 0 Å². The van der Waals surface area contributed by atoms with E-state index >= 15 is 0 Å². The molecule has 0 spiro atoms. The maximum atomic E-state index is 4.12. The Hall–Kier alpha value is -0.480. The molecule has 4 heteroatoms. The molecule has 1 rings (SSSR count). The van der Waals surface area contributed by atoms with Gasteiger partial charge in [0.2, 0.25) is 0 Å². The van der Waals surface area contributed by atoms with Gasteiger partial charge in [-0.15, -0.1) is 11.8 Å². The normalized spacial score (nSPS) is 11.1. The Labute approximate surface area is 90.3 Å². The summed E-state index contributed by atoms with van der Waals surface area (Å²) >= 11 is 1.85. The molecule has 0 fully saturated rings. The van der Waals surface area contributed by atoms with Gasteiger partial charge in [-0.3, -0.25) is 4.68 Å². The molecule has 0 saturated heterocycles. The number of hydrogen-bond donors (Lipinski definition) is 1. The molecule has 1 N–H and O–H groups in total. The molecule has 0 atom stereocenters. The van der Waals surface area contributed by atoms with Crippen molar-refractivity contribution in [2.45, 2.75) is 18.7 Å². The molecule has 0 aromatic carbocycles. The van der Waals surface area contributed by atoms with Crippen LogP contribution in [-0.2, 0) is 7.05 Å². The second kappa shape index (κ2) is 6.09. The van der Waals surface area contributed by atoms with Gasteiger partial charge in [0.1, 0.15) is 0 Å². The molecule has 1 heterocycles. The first-order chi connectivity index (χ1) is 6.68. The monoisotopic (exact) mass is 213 g/mol. The number of nitrogens with one attached hydrogen (secondary N) is 1. The molecule has 0 amide bonds. The van der Waals surface area contributed by atoms with Gasteiger partial charge in [-0.25, -0.2) is 0 Å². The highest BCUT2D eigenvalue weighted by Crippen LogP contribution is 2.14. The van der Waals surface area contributed by atoms with Crippen LogP contribution in [0.15, 0.2) is 17.3 Å². The number of aromatic nitrogens is 2. The van der Waals surface area contributed by atoms with Crippen LogP contribution in [-0.4, -0.2) is 28.6 Å². The van der Waals surface area contributed by atoms with E-state index < -0.39 is 0 Å². The van der Waals surface area contributed by atoms with Crippen LogP contribution in [0.5, 0.6) is 0 Å². The SMILES string of the molecule is CC(C)CNCCSc1cnn(C)c1. The summed E-state index contributed by atoms with van der Waals surface area (Å²) in [5.41, 5.74) is 0. The molecule has 0 unspecified atom stereocenters. The zero-order valence-corrected chi connectivity index (χ0v) is 9.97. The number of nitrogens with zero attached hydrogens (tertiary/aromatic N) is 2. The van der Waals surface area contributed by atoms with Crippen LogP contribution in [0.25, 0.3) is 0 Å². The standard InChI is InChI=1S/C10H19N3S/c1-9(2)6-11-4-5-14-10-7-12-13(3)8-10/h7-9,11H,4-6H2,1-3H3. The summed E-state index contributed by atoms with van der Waals surface area (Å²) in [7, 11) is 1.95. The molecule has 0 aliphatic heterocycles. The van der Waals surface area contributed by atoms with Crippen molar-refractivity contribution in [3.05, 3.63) is 12.4 Å². The van der Waals surface area contributed by atoms with Crippen molar-refractivity contribution in [1.82, 2.24) is 15.1 Å². The molecule has 1 aromatic heterocycles. The highest BCUT2D eigenvalue weighted by Gasteiger charge is 1.96. The zero-order chi connectivity index (χ0) is 10.4. The largest absolute Gasteiger partial charge is 0.316 e. The van der Waals surface area contributed by atoms with Crippen molar-refractivity contribution < 1.29 is 0 Å². The van der Waals surface area contributed by atoms with Crippen molar-refractivity contribution in [3.8, 4) is 0 Å². The predicted molar refractivity (Wildman–Crippen MR) is 61.6 cm³/mol. The Morgan fingerprint density at radius 2 is 2.36 bits per heavy atom. The average Bonchev–Trinajstić information content (AvgIpc) is 2.50. The van der Waals surface area contributed by atoms with Gasteiger partial charge >= 0.3 is 0 Å². The second-order valence-electron chi connectivity index (χ2n) is 3.80. The highest BCUT2D eigenvalue weighted by molar-refractivity contribution is 7.99. The number of thioether (sulfide) groups is 1. The third kappa shape index (κ3) is 4.67. The van der Waals surface area contributed by atoms with Crippen molar-refractivity contribution in [3.63, 3.8) is 0 Å². The Kier molecular flexibility index (Phi) is 5.04. The van der Waals surface area contributed by atoms with E-state index in [4.69, 9.17) is 0 Å². The Morgan fingerprint density at radius 3 is 2.93 bits per heavy atom. The van der Waals surface area contributed by atoms with E-state index in [1.165, 1.54) is 4.90 Å². The first kappa shape index (κ1) is 11.6. The molecule has 14 heavy (non-hydrogen) atoms. The summed E-state index contributed by atoms with van der Waals surface area (Å²) in [4.78, 5) is 1.25. The summed E-state index contributed by atoms with van der Waals surface area (Å²) in [6, 6.07) is 0. The van der Waals surface area contributed by atoms with Crippen LogP contribution in [0, 0.1) is 5.92 Å². The van der Waals surface area contributed by atoms with Gasteiger partial charge in [-0.2, -0.15) is 5.10 Å². The molecule has 0 aliphatic carbocycles. The number of rotatable bonds is 6. The van der Waals surface area contributed by atoms with Gasteiger partial charge in [0, 0.05) is 30.4 Å².